The number of aromatic nitrogens is 1. The van der Waals surface area contributed by atoms with E-state index in [1.165, 1.54) is 18.2 Å². The van der Waals surface area contributed by atoms with E-state index >= 15 is 0 Å². The van der Waals surface area contributed by atoms with Gasteiger partial charge in [-0.3, -0.25) is 14.6 Å². The van der Waals surface area contributed by atoms with Crippen molar-refractivity contribution >= 4 is 11.8 Å². The van der Waals surface area contributed by atoms with Gasteiger partial charge in [-0.05, 0) is 97.2 Å². The summed E-state index contributed by atoms with van der Waals surface area (Å²) in [6.07, 6.45) is 1.58. The summed E-state index contributed by atoms with van der Waals surface area (Å²) < 4.78 is 41.8. The maximum Gasteiger partial charge on any atom is 0.573 e. The Labute approximate surface area is 284 Å². The first-order chi connectivity index (χ1) is 23.7. The Hall–Kier alpha value is -4.74. The Morgan fingerprint density at radius 3 is 2.45 bits per heavy atom. The minimum Gasteiger partial charge on any atom is -0.406 e. The van der Waals surface area contributed by atoms with Crippen molar-refractivity contribution in [3.05, 3.63) is 131 Å². The fourth-order valence-corrected chi connectivity index (χ4v) is 6.30. The van der Waals surface area contributed by atoms with Gasteiger partial charge >= 0.3 is 6.36 Å². The Kier molecular flexibility index (Phi) is 12.4. The number of benzene rings is 3. The van der Waals surface area contributed by atoms with Gasteiger partial charge in [0.1, 0.15) is 5.75 Å². The van der Waals surface area contributed by atoms with Crippen molar-refractivity contribution in [2.75, 3.05) is 19.6 Å². The van der Waals surface area contributed by atoms with Gasteiger partial charge in [-0.15, -0.1) is 13.2 Å². The second-order valence-electron chi connectivity index (χ2n) is 12.3. The van der Waals surface area contributed by atoms with Gasteiger partial charge < -0.3 is 25.4 Å². The van der Waals surface area contributed by atoms with Gasteiger partial charge in [0.2, 0.25) is 0 Å². The van der Waals surface area contributed by atoms with E-state index in [2.05, 4.69) is 20.4 Å². The van der Waals surface area contributed by atoms with Crippen molar-refractivity contribution in [2.45, 2.75) is 57.2 Å². The number of pyridine rings is 1. The van der Waals surface area contributed by atoms with Gasteiger partial charge in [0.15, 0.2) is 0 Å². The third-order valence-electron chi connectivity index (χ3n) is 8.71. The molecule has 3 atom stereocenters. The van der Waals surface area contributed by atoms with Crippen LogP contribution in [-0.4, -0.2) is 58.9 Å². The van der Waals surface area contributed by atoms with E-state index in [9.17, 15) is 27.9 Å². The molecule has 1 aliphatic heterocycles. The lowest BCUT2D eigenvalue weighted by atomic mass is 9.89. The molecule has 1 aliphatic rings. The molecule has 2 amide bonds. The number of carbonyl (C=O) groups excluding carboxylic acids is 2. The molecule has 49 heavy (non-hydrogen) atoms. The van der Waals surface area contributed by atoms with Crippen molar-refractivity contribution < 1.29 is 32.6 Å². The third-order valence-corrected chi connectivity index (χ3v) is 8.71. The monoisotopic (exact) mass is 674 g/mol. The summed E-state index contributed by atoms with van der Waals surface area (Å²) in [7, 11) is 0. The summed E-state index contributed by atoms with van der Waals surface area (Å²) in [4.78, 5) is 32.5. The van der Waals surface area contributed by atoms with Gasteiger partial charge in [0.25, 0.3) is 11.8 Å². The molecule has 8 nitrogen and oxygen atoms in total. The summed E-state index contributed by atoms with van der Waals surface area (Å²) in [5.74, 6) is -0.819. The van der Waals surface area contributed by atoms with Crippen molar-refractivity contribution in [2.24, 2.45) is 5.92 Å². The molecule has 2 heterocycles. The molecule has 1 saturated heterocycles. The fourth-order valence-electron chi connectivity index (χ4n) is 6.30. The lowest BCUT2D eigenvalue weighted by Gasteiger charge is -2.25. The molecular weight excluding hydrogens is 633 g/mol. The van der Waals surface area contributed by atoms with E-state index in [0.717, 1.165) is 24.0 Å². The first-order valence-corrected chi connectivity index (χ1v) is 16.5. The third kappa shape index (κ3) is 10.6. The van der Waals surface area contributed by atoms with Crippen LogP contribution >= 0.6 is 0 Å². The molecule has 4 aromatic rings. The highest BCUT2D eigenvalue weighted by Gasteiger charge is 2.32. The van der Waals surface area contributed by atoms with E-state index in [1.54, 1.807) is 42.7 Å². The zero-order valence-corrected chi connectivity index (χ0v) is 27.1. The van der Waals surface area contributed by atoms with Gasteiger partial charge in [0, 0.05) is 49.7 Å². The van der Waals surface area contributed by atoms with Gasteiger partial charge in [-0.1, -0.05) is 48.5 Å². The number of hydrogen-bond acceptors (Lipinski definition) is 6. The number of ether oxygens (including phenoxy) is 1. The molecule has 0 saturated carbocycles. The standard InChI is InChI=1S/C38H41F3N4O4/c39-38(40,41)49-33-14-4-10-28(23-33)25-43-26-35(46)30(22-27-8-2-1-3-9-27)13-6-18-44-36(47)31-11-5-12-32(24-31)37(48)45-21-7-15-34(45)29-16-19-42-20-17-29/h1-5,8-12,14,16-17,19-20,23-24,30,34-35,43,46H,6-7,13,15,18,21-22,25-26H2,(H,44,47)/t30?,34?,35-/m1/s1. The molecular formula is C38H41F3N4O4. The van der Waals surface area contributed by atoms with Crippen LogP contribution in [0.5, 0.6) is 5.75 Å². The quantitative estimate of drug-likeness (QED) is 0.125. The molecule has 0 spiro atoms. The number of rotatable bonds is 15. The highest BCUT2D eigenvalue weighted by molar-refractivity contribution is 5.99. The van der Waals surface area contributed by atoms with Crippen LogP contribution in [0.2, 0.25) is 0 Å². The number of aliphatic hydroxyl groups is 1. The second kappa shape index (κ2) is 17.1. The van der Waals surface area contributed by atoms with Crippen molar-refractivity contribution in [3.63, 3.8) is 0 Å². The number of halogens is 3. The van der Waals surface area contributed by atoms with Crippen LogP contribution in [0.25, 0.3) is 0 Å². The number of alkyl halides is 3. The maximum atomic E-state index is 13.5. The lowest BCUT2D eigenvalue weighted by molar-refractivity contribution is -0.274. The van der Waals surface area contributed by atoms with E-state index in [0.29, 0.717) is 49.0 Å². The Morgan fingerprint density at radius 2 is 1.67 bits per heavy atom. The number of likely N-dealkylation sites (tertiary alicyclic amines) is 1. The van der Waals surface area contributed by atoms with Crippen molar-refractivity contribution in [3.8, 4) is 5.75 Å². The van der Waals surface area contributed by atoms with Gasteiger partial charge in [-0.2, -0.15) is 0 Å². The number of hydrogen-bond donors (Lipinski definition) is 3. The van der Waals surface area contributed by atoms with Crippen LogP contribution in [0, 0.1) is 5.92 Å². The first kappa shape index (κ1) is 35.6. The molecule has 5 rings (SSSR count). The van der Waals surface area contributed by atoms with Crippen molar-refractivity contribution in [1.82, 2.24) is 20.5 Å². The summed E-state index contributed by atoms with van der Waals surface area (Å²) in [6, 6.07) is 26.1. The van der Waals surface area contributed by atoms with E-state index in [4.69, 9.17) is 0 Å². The SMILES string of the molecule is O=C(NCCCC(Cc1ccccc1)[C@H](O)CNCc1cccc(OC(F)(F)F)c1)c1cccc(C(=O)N2CCCC2c2ccncc2)c1. The Balaban J connectivity index is 1.13. The summed E-state index contributed by atoms with van der Waals surface area (Å²) >= 11 is 0. The highest BCUT2D eigenvalue weighted by Crippen LogP contribution is 2.33. The summed E-state index contributed by atoms with van der Waals surface area (Å²) in [5, 5.41) is 17.2. The van der Waals surface area contributed by atoms with Gasteiger partial charge in [-0.25, -0.2) is 0 Å². The largest absolute Gasteiger partial charge is 0.573 e. The summed E-state index contributed by atoms with van der Waals surface area (Å²) in [5.41, 5.74) is 3.58. The number of nitrogens with one attached hydrogen (secondary N) is 2. The minimum atomic E-state index is -4.77. The zero-order valence-electron chi connectivity index (χ0n) is 27.1. The average molecular weight is 675 g/mol. The normalized spacial score (nSPS) is 15.8. The second-order valence-corrected chi connectivity index (χ2v) is 12.3. The Bertz CT molecular complexity index is 1660. The maximum absolute atomic E-state index is 13.5. The number of amides is 2. The number of aliphatic hydroxyl groups excluding tert-OH is 1. The van der Waals surface area contributed by atoms with Gasteiger partial charge in [0.05, 0.1) is 12.1 Å². The van der Waals surface area contributed by atoms with Crippen LogP contribution in [0.15, 0.2) is 103 Å². The molecule has 0 radical (unpaired) electrons. The van der Waals surface area contributed by atoms with E-state index < -0.39 is 12.5 Å². The lowest BCUT2D eigenvalue weighted by Crippen LogP contribution is -2.34. The number of carbonyl (C=O) groups is 2. The number of nitrogens with zero attached hydrogens (tertiary/aromatic N) is 2. The molecule has 1 fully saturated rings. The Morgan fingerprint density at radius 1 is 0.939 bits per heavy atom. The predicted molar refractivity (Wildman–Crippen MR) is 180 cm³/mol. The molecule has 2 unspecified atom stereocenters. The molecule has 0 aliphatic carbocycles. The summed E-state index contributed by atoms with van der Waals surface area (Å²) in [6.45, 7) is 1.51. The first-order valence-electron chi connectivity index (χ1n) is 16.5. The highest BCUT2D eigenvalue weighted by atomic mass is 19.4. The van der Waals surface area contributed by atoms with Crippen LogP contribution in [0.1, 0.15) is 69.1 Å². The molecule has 3 N–H and O–H groups in total. The molecule has 11 heteroatoms. The average Bonchev–Trinajstić information content (AvgIpc) is 3.60. The zero-order chi connectivity index (χ0) is 34.6. The smallest absolute Gasteiger partial charge is 0.406 e. The fraction of sp³-hybridized carbons (Fsp3) is 0.342. The van der Waals surface area contributed by atoms with Crippen LogP contribution in [0.3, 0.4) is 0 Å². The van der Waals surface area contributed by atoms with Crippen LogP contribution in [0.4, 0.5) is 13.2 Å². The van der Waals surface area contributed by atoms with E-state index in [-0.39, 0.29) is 42.6 Å². The molecule has 258 valence electrons. The topological polar surface area (TPSA) is 104 Å². The predicted octanol–water partition coefficient (Wildman–Crippen LogP) is 6.48. The van der Waals surface area contributed by atoms with Crippen LogP contribution < -0.4 is 15.4 Å². The van der Waals surface area contributed by atoms with Crippen molar-refractivity contribution in [1.29, 1.82) is 0 Å². The molecule has 3 aromatic carbocycles. The molecule has 1 aromatic heterocycles. The van der Waals surface area contributed by atoms with Crippen LogP contribution in [-0.2, 0) is 13.0 Å². The van der Waals surface area contributed by atoms with E-state index in [1.807, 2.05) is 47.4 Å². The minimum absolute atomic E-state index is 0.0218. The molecule has 0 bridgehead atoms.